The van der Waals surface area contributed by atoms with Crippen LogP contribution in [-0.4, -0.2) is 47.4 Å². The highest BCUT2D eigenvalue weighted by Crippen LogP contribution is 2.17. The normalized spacial score (nSPS) is 12.7. The highest BCUT2D eigenvalue weighted by Gasteiger charge is 2.20. The second-order valence-electron chi connectivity index (χ2n) is 18.6. The van der Waals surface area contributed by atoms with Crippen molar-refractivity contribution in [3.8, 4) is 0 Å². The molecule has 2 atom stereocenters. The molecule has 0 aliphatic heterocycles. The molecule has 356 valence electrons. The average Bonchev–Trinajstić information content (AvgIpc) is 3.25. The minimum atomic E-state index is -0.667. The lowest BCUT2D eigenvalue weighted by Gasteiger charge is -2.22. The van der Waals surface area contributed by atoms with Gasteiger partial charge in [-0.15, -0.1) is 0 Å². The molecule has 0 aromatic heterocycles. The second kappa shape index (κ2) is 50.2. The Morgan fingerprint density at radius 2 is 0.783 bits per heavy atom. The maximum absolute atomic E-state index is 12.4. The number of nitrogens with one attached hydrogen (secondary N) is 1. The SMILES string of the molecule is CCCCCCCCC/C=C\CCCCCCCCCC(=O)OCCCCCCCCCCCCCCCCCC(=O)NC(CO)C(O)CCCCCCCCCCCC. The van der Waals surface area contributed by atoms with Gasteiger partial charge >= 0.3 is 5.97 Å². The van der Waals surface area contributed by atoms with E-state index in [1.165, 1.54) is 218 Å². The maximum Gasteiger partial charge on any atom is 0.305 e. The van der Waals surface area contributed by atoms with Crippen LogP contribution in [0.25, 0.3) is 0 Å². The summed E-state index contributed by atoms with van der Waals surface area (Å²) in [5.74, 6) is -0.0467. The number of carbonyl (C=O) groups excluding carboxylic acids is 2. The van der Waals surface area contributed by atoms with Crippen LogP contribution in [-0.2, 0) is 14.3 Å². The molecule has 0 saturated carbocycles. The minimum Gasteiger partial charge on any atom is -0.466 e. The van der Waals surface area contributed by atoms with Gasteiger partial charge in [-0.2, -0.15) is 0 Å². The van der Waals surface area contributed by atoms with Gasteiger partial charge < -0.3 is 20.3 Å². The van der Waals surface area contributed by atoms with E-state index in [0.29, 0.717) is 25.9 Å². The number of aliphatic hydroxyl groups excluding tert-OH is 2. The van der Waals surface area contributed by atoms with Gasteiger partial charge in [0.15, 0.2) is 0 Å². The molecule has 6 nitrogen and oxygen atoms in total. The molecule has 2 unspecified atom stereocenters. The molecule has 60 heavy (non-hydrogen) atoms. The zero-order valence-corrected chi connectivity index (χ0v) is 40.5. The summed E-state index contributed by atoms with van der Waals surface area (Å²) in [7, 11) is 0. The van der Waals surface area contributed by atoms with E-state index >= 15 is 0 Å². The molecule has 0 aromatic carbocycles. The maximum atomic E-state index is 12.4. The molecule has 6 heteroatoms. The van der Waals surface area contributed by atoms with Crippen LogP contribution in [0.3, 0.4) is 0 Å². The summed E-state index contributed by atoms with van der Waals surface area (Å²) in [5, 5.41) is 23.1. The first-order chi connectivity index (χ1) is 29.5. The quantitative estimate of drug-likeness (QED) is 0.0322. The highest BCUT2D eigenvalue weighted by molar-refractivity contribution is 5.76. The van der Waals surface area contributed by atoms with Crippen molar-refractivity contribution < 1.29 is 24.5 Å². The summed E-state index contributed by atoms with van der Waals surface area (Å²) in [6.45, 7) is 4.92. The van der Waals surface area contributed by atoms with Crippen LogP contribution in [0.4, 0.5) is 0 Å². The van der Waals surface area contributed by atoms with E-state index in [0.717, 1.165) is 44.9 Å². The molecular formula is C54H105NO5. The number of ether oxygens (including phenoxy) is 1. The lowest BCUT2D eigenvalue weighted by molar-refractivity contribution is -0.143. The van der Waals surface area contributed by atoms with Gasteiger partial charge in [-0.3, -0.25) is 9.59 Å². The van der Waals surface area contributed by atoms with E-state index in [-0.39, 0.29) is 18.5 Å². The van der Waals surface area contributed by atoms with Gasteiger partial charge in [0.1, 0.15) is 0 Å². The van der Waals surface area contributed by atoms with Crippen molar-refractivity contribution in [2.24, 2.45) is 0 Å². The minimum absolute atomic E-state index is 0.00213. The topological polar surface area (TPSA) is 95.9 Å². The molecule has 0 saturated heterocycles. The average molecular weight is 848 g/mol. The van der Waals surface area contributed by atoms with E-state index in [4.69, 9.17) is 4.74 Å². The van der Waals surface area contributed by atoms with Crippen LogP contribution in [0.1, 0.15) is 296 Å². The van der Waals surface area contributed by atoms with Crippen molar-refractivity contribution in [2.75, 3.05) is 13.2 Å². The summed E-state index contributed by atoms with van der Waals surface area (Å²) in [6.07, 6.45) is 57.6. The number of allylic oxidation sites excluding steroid dienone is 2. The van der Waals surface area contributed by atoms with Crippen LogP contribution in [0.2, 0.25) is 0 Å². The highest BCUT2D eigenvalue weighted by atomic mass is 16.5. The molecule has 0 spiro atoms. The van der Waals surface area contributed by atoms with E-state index in [1.807, 2.05) is 0 Å². The summed E-state index contributed by atoms with van der Waals surface area (Å²) in [4.78, 5) is 24.5. The monoisotopic (exact) mass is 848 g/mol. The Morgan fingerprint density at radius 1 is 0.450 bits per heavy atom. The molecule has 0 bridgehead atoms. The molecule has 0 fully saturated rings. The Morgan fingerprint density at radius 3 is 1.18 bits per heavy atom. The third-order valence-electron chi connectivity index (χ3n) is 12.6. The van der Waals surface area contributed by atoms with Crippen molar-refractivity contribution >= 4 is 11.9 Å². The van der Waals surface area contributed by atoms with Crippen molar-refractivity contribution in [2.45, 2.75) is 309 Å². The Labute approximate surface area is 374 Å². The van der Waals surface area contributed by atoms with Gasteiger partial charge in [-0.25, -0.2) is 0 Å². The number of hydrogen-bond donors (Lipinski definition) is 3. The van der Waals surface area contributed by atoms with Crippen molar-refractivity contribution in [1.82, 2.24) is 5.32 Å². The predicted octanol–water partition coefficient (Wildman–Crippen LogP) is 16.1. The Hall–Kier alpha value is -1.40. The van der Waals surface area contributed by atoms with Crippen LogP contribution in [0.15, 0.2) is 12.2 Å². The summed E-state index contributed by atoms with van der Waals surface area (Å²) in [5.41, 5.74) is 0. The standard InChI is InChI=1S/C54H105NO5/c1-3-5-7-9-11-13-15-16-17-18-19-22-25-28-32-36-40-44-48-54(59)60-49-45-41-37-33-29-26-23-20-21-24-27-31-35-39-43-47-53(58)55-51(50-56)52(57)46-42-38-34-30-14-12-10-8-6-4-2/h17-18,51-52,56-57H,3-16,19-50H2,1-2H3,(H,55,58)/b18-17-. The summed E-state index contributed by atoms with van der Waals surface area (Å²) < 4.78 is 5.48. The third-order valence-corrected chi connectivity index (χ3v) is 12.6. The fourth-order valence-electron chi connectivity index (χ4n) is 8.40. The summed E-state index contributed by atoms with van der Waals surface area (Å²) >= 11 is 0. The van der Waals surface area contributed by atoms with Gasteiger partial charge in [-0.1, -0.05) is 244 Å². The lowest BCUT2D eigenvalue weighted by Crippen LogP contribution is -2.45. The van der Waals surface area contributed by atoms with E-state index < -0.39 is 12.1 Å². The van der Waals surface area contributed by atoms with E-state index in [2.05, 4.69) is 31.3 Å². The van der Waals surface area contributed by atoms with Gasteiger partial charge in [0.25, 0.3) is 0 Å². The number of carbonyl (C=O) groups is 2. The zero-order valence-electron chi connectivity index (χ0n) is 40.5. The first-order valence-electron chi connectivity index (χ1n) is 26.9. The number of rotatable bonds is 50. The van der Waals surface area contributed by atoms with Crippen molar-refractivity contribution in [1.29, 1.82) is 0 Å². The summed E-state index contributed by atoms with van der Waals surface area (Å²) in [6, 6.07) is -0.545. The fourth-order valence-corrected chi connectivity index (χ4v) is 8.40. The smallest absolute Gasteiger partial charge is 0.305 e. The van der Waals surface area contributed by atoms with Crippen LogP contribution in [0, 0.1) is 0 Å². The van der Waals surface area contributed by atoms with Crippen LogP contribution in [0.5, 0.6) is 0 Å². The molecule has 0 aliphatic carbocycles. The van der Waals surface area contributed by atoms with Gasteiger partial charge in [-0.05, 0) is 51.4 Å². The van der Waals surface area contributed by atoms with Crippen molar-refractivity contribution in [3.05, 3.63) is 12.2 Å². The molecule has 1 amide bonds. The first-order valence-corrected chi connectivity index (χ1v) is 26.9. The Balaban J connectivity index is 3.39. The first kappa shape index (κ1) is 58.6. The van der Waals surface area contributed by atoms with Gasteiger partial charge in [0.2, 0.25) is 5.91 Å². The molecule has 0 heterocycles. The number of unbranched alkanes of at least 4 members (excludes halogenated alkanes) is 37. The van der Waals surface area contributed by atoms with Crippen molar-refractivity contribution in [3.63, 3.8) is 0 Å². The number of amides is 1. The Bertz CT molecular complexity index is 893. The molecule has 0 rings (SSSR count). The zero-order chi connectivity index (χ0) is 43.7. The largest absolute Gasteiger partial charge is 0.466 e. The van der Waals surface area contributed by atoms with Gasteiger partial charge in [0.05, 0.1) is 25.4 Å². The molecule has 3 N–H and O–H groups in total. The predicted molar refractivity (Wildman–Crippen MR) is 260 cm³/mol. The fraction of sp³-hybridized carbons (Fsp3) is 0.926. The number of aliphatic hydroxyl groups is 2. The molecule has 0 aliphatic rings. The third kappa shape index (κ3) is 46.1. The Kier molecular flexibility index (Phi) is 49.1. The lowest BCUT2D eigenvalue weighted by atomic mass is 10.0. The number of hydrogen-bond acceptors (Lipinski definition) is 5. The van der Waals surface area contributed by atoms with Crippen LogP contribution >= 0.6 is 0 Å². The van der Waals surface area contributed by atoms with E-state index in [9.17, 15) is 19.8 Å². The molecule has 0 aromatic rings. The second-order valence-corrected chi connectivity index (χ2v) is 18.6. The number of esters is 1. The van der Waals surface area contributed by atoms with Crippen LogP contribution < -0.4 is 5.32 Å². The van der Waals surface area contributed by atoms with E-state index in [1.54, 1.807) is 0 Å². The molecular weight excluding hydrogens is 743 g/mol. The molecule has 0 radical (unpaired) electrons. The van der Waals surface area contributed by atoms with Gasteiger partial charge in [0, 0.05) is 12.8 Å².